The predicted molar refractivity (Wildman–Crippen MR) is 44.7 cm³/mol. The van der Waals surface area contributed by atoms with Crippen LogP contribution in [0.3, 0.4) is 0 Å². The minimum atomic E-state index is -0.262. The molecule has 1 atom stereocenters. The summed E-state index contributed by atoms with van der Waals surface area (Å²) in [6, 6.07) is 2.01. The van der Waals surface area contributed by atoms with Crippen LogP contribution in [0.15, 0.2) is 6.20 Å². The third-order valence-corrected chi connectivity index (χ3v) is 1.71. The first-order valence-electron chi connectivity index (χ1n) is 3.92. The van der Waals surface area contributed by atoms with Crippen molar-refractivity contribution in [1.82, 2.24) is 15.0 Å². The Morgan fingerprint density at radius 1 is 1.85 bits per heavy atom. The molecule has 1 heterocycles. The first-order valence-corrected chi connectivity index (χ1v) is 3.92. The molecule has 0 aliphatic carbocycles. The predicted octanol–water partition coefficient (Wildman–Crippen LogP) is 0.548. The molecule has 0 aliphatic rings. The molecule has 0 radical (unpaired) electrons. The molecule has 0 fully saturated rings. The maximum Gasteiger partial charge on any atom is 0.183 e. The van der Waals surface area contributed by atoms with E-state index in [-0.39, 0.29) is 18.1 Å². The van der Waals surface area contributed by atoms with Gasteiger partial charge in [-0.15, -0.1) is 5.10 Å². The number of aromatic nitrogens is 3. The van der Waals surface area contributed by atoms with Crippen molar-refractivity contribution < 1.29 is 4.79 Å². The third kappa shape index (κ3) is 2.12. The Morgan fingerprint density at radius 2 is 2.54 bits per heavy atom. The van der Waals surface area contributed by atoms with Crippen molar-refractivity contribution in [1.29, 1.82) is 5.26 Å². The largest absolute Gasteiger partial charge is 0.292 e. The van der Waals surface area contributed by atoms with E-state index in [0.717, 1.165) is 0 Å². The lowest BCUT2D eigenvalue weighted by Crippen LogP contribution is -2.09. The van der Waals surface area contributed by atoms with E-state index in [9.17, 15) is 4.79 Å². The molecule has 0 aromatic carbocycles. The summed E-state index contributed by atoms with van der Waals surface area (Å²) in [7, 11) is 1.65. The summed E-state index contributed by atoms with van der Waals surface area (Å²) in [5.74, 6) is -0.357. The fraction of sp³-hybridized carbons (Fsp3) is 0.500. The number of nitrogens with zero attached hydrogens (tertiary/aromatic N) is 4. The van der Waals surface area contributed by atoms with Gasteiger partial charge in [0.2, 0.25) is 0 Å². The zero-order valence-corrected chi connectivity index (χ0v) is 7.56. The van der Waals surface area contributed by atoms with Gasteiger partial charge in [-0.25, -0.2) is 4.68 Å². The topological polar surface area (TPSA) is 71.6 Å². The number of Topliss-reactive ketones (excluding diaryl/α,β-unsaturated/α-hetero) is 1. The number of nitriles is 1. The van der Waals surface area contributed by atoms with E-state index in [1.54, 1.807) is 14.0 Å². The van der Waals surface area contributed by atoms with Gasteiger partial charge in [0.05, 0.1) is 18.2 Å². The number of ketones is 1. The molecule has 0 saturated heterocycles. The van der Waals surface area contributed by atoms with Crippen molar-refractivity contribution in [3.8, 4) is 6.07 Å². The zero-order valence-electron chi connectivity index (χ0n) is 7.56. The Morgan fingerprint density at radius 3 is 3.00 bits per heavy atom. The second-order valence-electron chi connectivity index (χ2n) is 2.90. The zero-order chi connectivity index (χ0) is 9.84. The summed E-state index contributed by atoms with van der Waals surface area (Å²) in [5, 5.41) is 15.7. The van der Waals surface area contributed by atoms with E-state index in [0.29, 0.717) is 5.69 Å². The van der Waals surface area contributed by atoms with Gasteiger partial charge in [-0.2, -0.15) is 5.26 Å². The highest BCUT2D eigenvalue weighted by Gasteiger charge is 2.14. The van der Waals surface area contributed by atoms with Crippen LogP contribution < -0.4 is 0 Å². The molecule has 0 bridgehead atoms. The van der Waals surface area contributed by atoms with E-state index < -0.39 is 0 Å². The van der Waals surface area contributed by atoms with Crippen LogP contribution in [0.2, 0.25) is 0 Å². The highest BCUT2D eigenvalue weighted by Crippen LogP contribution is 2.06. The van der Waals surface area contributed by atoms with Crippen LogP contribution in [0.1, 0.15) is 23.8 Å². The molecular formula is C8H10N4O. The van der Waals surface area contributed by atoms with E-state index in [1.165, 1.54) is 10.9 Å². The van der Waals surface area contributed by atoms with Crippen LogP contribution in [-0.4, -0.2) is 20.8 Å². The fourth-order valence-electron chi connectivity index (χ4n) is 0.970. The average molecular weight is 178 g/mol. The Balaban J connectivity index is 2.71. The van der Waals surface area contributed by atoms with Crippen molar-refractivity contribution in [2.24, 2.45) is 13.0 Å². The van der Waals surface area contributed by atoms with Crippen LogP contribution in [0.5, 0.6) is 0 Å². The summed E-state index contributed by atoms with van der Waals surface area (Å²) < 4.78 is 1.41. The molecule has 5 nitrogen and oxygen atoms in total. The molecule has 1 aromatic rings. The Kier molecular flexibility index (Phi) is 2.75. The molecule has 0 saturated carbocycles. The number of carbonyl (C=O) groups excluding carboxylic acids is 1. The summed E-state index contributed by atoms with van der Waals surface area (Å²) in [5.41, 5.74) is 0.446. The quantitative estimate of drug-likeness (QED) is 0.633. The first-order chi connectivity index (χ1) is 6.15. The average Bonchev–Trinajstić information content (AvgIpc) is 2.51. The number of aryl methyl sites for hydroxylation is 1. The van der Waals surface area contributed by atoms with Crippen LogP contribution in [0, 0.1) is 17.2 Å². The van der Waals surface area contributed by atoms with Gasteiger partial charge in [0, 0.05) is 13.5 Å². The van der Waals surface area contributed by atoms with Crippen molar-refractivity contribution in [2.45, 2.75) is 13.3 Å². The third-order valence-electron chi connectivity index (χ3n) is 1.71. The van der Waals surface area contributed by atoms with Gasteiger partial charge in [0.1, 0.15) is 5.69 Å². The molecule has 1 aromatic heterocycles. The van der Waals surface area contributed by atoms with Gasteiger partial charge in [0.15, 0.2) is 5.78 Å². The monoisotopic (exact) mass is 178 g/mol. The summed E-state index contributed by atoms with van der Waals surface area (Å²) in [6.45, 7) is 1.71. The molecule has 0 spiro atoms. The Labute approximate surface area is 76.0 Å². The van der Waals surface area contributed by atoms with Crippen LogP contribution in [0.4, 0.5) is 0 Å². The lowest BCUT2D eigenvalue weighted by atomic mass is 10.1. The summed E-state index contributed by atoms with van der Waals surface area (Å²) in [4.78, 5) is 11.4. The second-order valence-corrected chi connectivity index (χ2v) is 2.90. The van der Waals surface area contributed by atoms with Crippen molar-refractivity contribution in [3.05, 3.63) is 11.9 Å². The number of hydrogen-bond acceptors (Lipinski definition) is 4. The molecule has 1 rings (SSSR count). The van der Waals surface area contributed by atoms with Crippen molar-refractivity contribution >= 4 is 5.78 Å². The standard InChI is InChI=1S/C8H10N4O/c1-6(4-9)3-8(13)7-5-10-11-12(7)2/h5-6H,3H2,1-2H3. The maximum absolute atomic E-state index is 11.4. The van der Waals surface area contributed by atoms with Gasteiger partial charge < -0.3 is 0 Å². The molecule has 0 N–H and O–H groups in total. The van der Waals surface area contributed by atoms with Gasteiger partial charge in [-0.3, -0.25) is 4.79 Å². The highest BCUT2D eigenvalue weighted by molar-refractivity contribution is 5.94. The molecule has 68 valence electrons. The van der Waals surface area contributed by atoms with E-state index >= 15 is 0 Å². The van der Waals surface area contributed by atoms with Crippen LogP contribution in [0.25, 0.3) is 0 Å². The lowest BCUT2D eigenvalue weighted by molar-refractivity contribution is 0.0963. The van der Waals surface area contributed by atoms with Crippen LogP contribution >= 0.6 is 0 Å². The number of carbonyl (C=O) groups is 1. The summed E-state index contributed by atoms with van der Waals surface area (Å²) >= 11 is 0. The Bertz CT molecular complexity index is 349. The highest BCUT2D eigenvalue weighted by atomic mass is 16.1. The van der Waals surface area contributed by atoms with Gasteiger partial charge in [0.25, 0.3) is 0 Å². The van der Waals surface area contributed by atoms with E-state index in [1.807, 2.05) is 6.07 Å². The normalized spacial score (nSPS) is 12.1. The van der Waals surface area contributed by atoms with Gasteiger partial charge in [-0.05, 0) is 6.92 Å². The minimum absolute atomic E-state index is 0.0958. The first kappa shape index (κ1) is 9.39. The number of hydrogen-bond donors (Lipinski definition) is 0. The van der Waals surface area contributed by atoms with Gasteiger partial charge >= 0.3 is 0 Å². The van der Waals surface area contributed by atoms with Crippen LogP contribution in [-0.2, 0) is 7.05 Å². The second kappa shape index (κ2) is 3.81. The molecule has 1 unspecified atom stereocenters. The SMILES string of the molecule is CC(C#N)CC(=O)c1cnnn1C. The molecule has 0 amide bonds. The van der Waals surface area contributed by atoms with E-state index in [4.69, 9.17) is 5.26 Å². The molecule has 5 heteroatoms. The van der Waals surface area contributed by atoms with Gasteiger partial charge in [-0.1, -0.05) is 5.21 Å². The molecular weight excluding hydrogens is 168 g/mol. The Hall–Kier alpha value is -1.70. The summed E-state index contributed by atoms with van der Waals surface area (Å²) in [6.07, 6.45) is 1.63. The fourth-order valence-corrected chi connectivity index (χ4v) is 0.970. The molecule has 0 aliphatic heterocycles. The lowest BCUT2D eigenvalue weighted by Gasteiger charge is -2.00. The minimum Gasteiger partial charge on any atom is -0.292 e. The number of rotatable bonds is 3. The van der Waals surface area contributed by atoms with Crippen molar-refractivity contribution in [3.63, 3.8) is 0 Å². The van der Waals surface area contributed by atoms with E-state index in [2.05, 4.69) is 10.3 Å². The smallest absolute Gasteiger partial charge is 0.183 e. The molecule has 13 heavy (non-hydrogen) atoms. The van der Waals surface area contributed by atoms with Crippen molar-refractivity contribution in [2.75, 3.05) is 0 Å². The maximum atomic E-state index is 11.4.